The first-order valence-electron chi connectivity index (χ1n) is 8.62. The van der Waals surface area contributed by atoms with Crippen molar-refractivity contribution in [3.63, 3.8) is 0 Å². The van der Waals surface area contributed by atoms with Crippen LogP contribution in [0.4, 0.5) is 0 Å². The molecule has 124 valence electrons. The van der Waals surface area contributed by atoms with Crippen LogP contribution in [0.25, 0.3) is 0 Å². The number of isothiocyanates is 1. The molecule has 0 fully saturated rings. The topological polar surface area (TPSA) is 32.7 Å². The molecule has 1 atom stereocenters. The minimum Gasteiger partial charge on any atom is -0.347 e. The molecule has 0 saturated heterocycles. The Bertz CT molecular complexity index is 582. The van der Waals surface area contributed by atoms with Crippen molar-refractivity contribution in [3.05, 3.63) is 35.1 Å². The lowest BCUT2D eigenvalue weighted by atomic mass is 9.85. The molecule has 1 heterocycles. The summed E-state index contributed by atoms with van der Waals surface area (Å²) in [4.78, 5) is 19.1. The summed E-state index contributed by atoms with van der Waals surface area (Å²) in [5.74, 6) is 0.200. The second kappa shape index (κ2) is 8.95. The second-order valence-corrected chi connectivity index (χ2v) is 6.41. The van der Waals surface area contributed by atoms with Gasteiger partial charge in [0.15, 0.2) is 5.78 Å². The number of ketones is 1. The zero-order valence-corrected chi connectivity index (χ0v) is 15.0. The minimum atomic E-state index is 0.106. The van der Waals surface area contributed by atoms with E-state index in [2.05, 4.69) is 28.1 Å². The van der Waals surface area contributed by atoms with Crippen molar-refractivity contribution in [2.45, 2.75) is 64.8 Å². The third kappa shape index (κ3) is 4.27. The first-order chi connectivity index (χ1) is 11.2. The van der Waals surface area contributed by atoms with E-state index in [-0.39, 0.29) is 11.8 Å². The number of Topliss-reactive ketones (excluding diaryl/α,β-unsaturated/α-hetero) is 1. The van der Waals surface area contributed by atoms with Crippen LogP contribution in [0.5, 0.6) is 0 Å². The lowest BCUT2D eigenvalue weighted by molar-refractivity contribution is -0.113. The summed E-state index contributed by atoms with van der Waals surface area (Å²) in [5, 5.41) is 2.46. The molecule has 0 amide bonds. The number of fused-ring (bicyclic) bond motifs is 1. The van der Waals surface area contributed by atoms with Crippen LogP contribution in [0.1, 0.15) is 58.8 Å². The van der Waals surface area contributed by atoms with Crippen LogP contribution in [0.3, 0.4) is 0 Å². The van der Waals surface area contributed by atoms with E-state index in [1.54, 1.807) is 0 Å². The SMILES string of the molecule is CCCCCCCC1=C(C)C(=O)C2=CC=CCC2N1CN=C=S. The maximum atomic E-state index is 12.7. The van der Waals surface area contributed by atoms with Crippen molar-refractivity contribution in [2.24, 2.45) is 4.99 Å². The summed E-state index contributed by atoms with van der Waals surface area (Å²) in [7, 11) is 0. The highest BCUT2D eigenvalue weighted by Gasteiger charge is 2.35. The van der Waals surface area contributed by atoms with Crippen molar-refractivity contribution < 1.29 is 4.79 Å². The Morgan fingerprint density at radius 2 is 2.13 bits per heavy atom. The summed E-state index contributed by atoms with van der Waals surface area (Å²) in [6.07, 6.45) is 14.0. The molecule has 0 saturated carbocycles. The maximum Gasteiger partial charge on any atom is 0.188 e. The summed E-state index contributed by atoms with van der Waals surface area (Å²) < 4.78 is 0. The predicted molar refractivity (Wildman–Crippen MR) is 98.4 cm³/mol. The van der Waals surface area contributed by atoms with Gasteiger partial charge in [-0.15, -0.1) is 0 Å². The molecule has 4 heteroatoms. The third-order valence-corrected chi connectivity index (χ3v) is 4.82. The van der Waals surface area contributed by atoms with Gasteiger partial charge in [-0.05, 0) is 38.4 Å². The third-order valence-electron chi connectivity index (χ3n) is 4.69. The van der Waals surface area contributed by atoms with Gasteiger partial charge >= 0.3 is 0 Å². The number of nitrogens with zero attached hydrogens (tertiary/aromatic N) is 2. The second-order valence-electron chi connectivity index (χ2n) is 6.23. The molecule has 0 aromatic rings. The fourth-order valence-electron chi connectivity index (χ4n) is 3.41. The van der Waals surface area contributed by atoms with E-state index < -0.39 is 0 Å². The molecular formula is C19H26N2OS. The molecule has 2 aliphatic rings. The molecule has 0 spiro atoms. The van der Waals surface area contributed by atoms with Crippen molar-refractivity contribution in [3.8, 4) is 0 Å². The zero-order valence-electron chi connectivity index (χ0n) is 14.2. The molecule has 1 unspecified atom stereocenters. The van der Waals surface area contributed by atoms with E-state index in [0.29, 0.717) is 6.67 Å². The average molecular weight is 330 g/mol. The van der Waals surface area contributed by atoms with Gasteiger partial charge in [0.2, 0.25) is 0 Å². The lowest BCUT2D eigenvalue weighted by Gasteiger charge is -2.40. The summed E-state index contributed by atoms with van der Waals surface area (Å²) in [5.41, 5.74) is 2.91. The Kier molecular flexibility index (Phi) is 6.94. The van der Waals surface area contributed by atoms with E-state index in [0.717, 1.165) is 36.1 Å². The highest BCUT2D eigenvalue weighted by molar-refractivity contribution is 7.78. The normalized spacial score (nSPS) is 20.3. The van der Waals surface area contributed by atoms with Crippen LogP contribution in [-0.4, -0.2) is 28.6 Å². The van der Waals surface area contributed by atoms with Gasteiger partial charge in [-0.25, -0.2) is 4.99 Å². The minimum absolute atomic E-state index is 0.106. The number of rotatable bonds is 8. The van der Waals surface area contributed by atoms with Crippen LogP contribution in [-0.2, 0) is 4.79 Å². The standard InChI is InChI=1S/C19H26N2OS/c1-3-4-5-6-7-11-17-15(2)19(22)16-10-8-9-12-18(16)21(17)13-20-14-23/h8-10,18H,3-7,11-13H2,1-2H3. The number of carbonyl (C=O) groups excluding carboxylic acids is 1. The summed E-state index contributed by atoms with van der Waals surface area (Å²) in [6.45, 7) is 4.67. The number of aliphatic imine (C=N–C) groups is 1. The highest BCUT2D eigenvalue weighted by Crippen LogP contribution is 2.34. The van der Waals surface area contributed by atoms with Crippen LogP contribution >= 0.6 is 12.2 Å². The van der Waals surface area contributed by atoms with Crippen molar-refractivity contribution in [1.29, 1.82) is 0 Å². The molecule has 3 nitrogen and oxygen atoms in total. The van der Waals surface area contributed by atoms with Crippen LogP contribution in [0.2, 0.25) is 0 Å². The average Bonchev–Trinajstić information content (AvgIpc) is 2.58. The van der Waals surface area contributed by atoms with Crippen molar-refractivity contribution in [2.75, 3.05) is 6.67 Å². The molecular weight excluding hydrogens is 304 g/mol. The Morgan fingerprint density at radius 3 is 2.87 bits per heavy atom. The number of hydrogen-bond donors (Lipinski definition) is 0. The van der Waals surface area contributed by atoms with E-state index in [1.165, 1.54) is 25.7 Å². The molecule has 0 aromatic heterocycles. The number of carbonyl (C=O) groups is 1. The molecule has 0 radical (unpaired) electrons. The molecule has 1 aliphatic carbocycles. The molecule has 23 heavy (non-hydrogen) atoms. The van der Waals surface area contributed by atoms with Crippen molar-refractivity contribution >= 4 is 23.2 Å². The maximum absolute atomic E-state index is 12.7. The first-order valence-corrected chi connectivity index (χ1v) is 9.03. The number of hydrogen-bond acceptors (Lipinski definition) is 4. The van der Waals surface area contributed by atoms with Crippen LogP contribution in [0.15, 0.2) is 40.1 Å². The molecule has 0 aromatic carbocycles. The van der Waals surface area contributed by atoms with Gasteiger partial charge in [0, 0.05) is 16.8 Å². The Hall–Kier alpha value is -1.51. The fraction of sp³-hybridized carbons (Fsp3) is 0.579. The zero-order chi connectivity index (χ0) is 16.7. The molecule has 1 aliphatic heterocycles. The van der Waals surface area contributed by atoms with E-state index >= 15 is 0 Å². The van der Waals surface area contributed by atoms with E-state index in [4.69, 9.17) is 12.2 Å². The van der Waals surface area contributed by atoms with Crippen molar-refractivity contribution in [1.82, 2.24) is 4.90 Å². The van der Waals surface area contributed by atoms with Gasteiger partial charge in [0.25, 0.3) is 0 Å². The first kappa shape index (κ1) is 17.8. The largest absolute Gasteiger partial charge is 0.347 e. The van der Waals surface area contributed by atoms with Gasteiger partial charge in [0.1, 0.15) is 6.67 Å². The van der Waals surface area contributed by atoms with Gasteiger partial charge in [-0.3, -0.25) is 4.79 Å². The Labute approximate surface area is 144 Å². The lowest BCUT2D eigenvalue weighted by Crippen LogP contribution is -2.43. The predicted octanol–water partition coefficient (Wildman–Crippen LogP) is 4.82. The Morgan fingerprint density at radius 1 is 1.35 bits per heavy atom. The van der Waals surface area contributed by atoms with Gasteiger partial charge in [-0.2, -0.15) is 0 Å². The quantitative estimate of drug-likeness (QED) is 0.363. The van der Waals surface area contributed by atoms with E-state index in [9.17, 15) is 4.79 Å². The fourth-order valence-corrected chi connectivity index (χ4v) is 3.46. The van der Waals surface area contributed by atoms with Crippen LogP contribution in [0, 0.1) is 0 Å². The molecule has 0 bridgehead atoms. The van der Waals surface area contributed by atoms with Crippen LogP contribution < -0.4 is 0 Å². The summed E-state index contributed by atoms with van der Waals surface area (Å²) in [6, 6.07) is 0.106. The van der Waals surface area contributed by atoms with Gasteiger partial charge in [0.05, 0.1) is 11.2 Å². The number of unbranched alkanes of at least 4 members (excludes halogenated alkanes) is 4. The molecule has 0 N–H and O–H groups in total. The molecule has 2 rings (SSSR count). The van der Waals surface area contributed by atoms with Gasteiger partial charge < -0.3 is 4.90 Å². The number of allylic oxidation sites excluding steroid dienone is 4. The Balaban J connectivity index is 2.18. The number of thiocarbonyl (C=S) groups is 1. The smallest absolute Gasteiger partial charge is 0.188 e. The van der Waals surface area contributed by atoms with E-state index in [1.807, 2.05) is 19.1 Å². The summed E-state index contributed by atoms with van der Waals surface area (Å²) >= 11 is 4.74. The highest BCUT2D eigenvalue weighted by atomic mass is 32.1. The monoisotopic (exact) mass is 330 g/mol. The van der Waals surface area contributed by atoms with Gasteiger partial charge in [-0.1, -0.05) is 50.8 Å².